The molecule has 5 nitrogen and oxygen atoms in total. The van der Waals surface area contributed by atoms with E-state index in [1.54, 1.807) is 14.2 Å². The number of fused-ring (bicyclic) bond motifs is 1. The minimum Gasteiger partial charge on any atom is -0.367 e. The van der Waals surface area contributed by atoms with Crippen LogP contribution in [0.2, 0.25) is 0 Å². The van der Waals surface area contributed by atoms with Gasteiger partial charge in [-0.25, -0.2) is 0 Å². The average molecular weight is 215 g/mol. The number of hydrogen-bond acceptors (Lipinski definition) is 5. The van der Waals surface area contributed by atoms with Crippen molar-refractivity contribution < 1.29 is 19.0 Å². The maximum absolute atomic E-state index is 10.9. The van der Waals surface area contributed by atoms with Crippen LogP contribution in [0.3, 0.4) is 0 Å². The number of rotatable bonds is 3. The standard InChI is InChI=1S/C10H17NO4/c1-9-7(5-12)4-11-8(9)10(13-2,14-3)6-15-9/h5,7-8,11H,4,6H2,1-3H3/t7-,8-,9+/m0/s1. The molecule has 0 unspecified atom stereocenters. The lowest BCUT2D eigenvalue weighted by Crippen LogP contribution is -2.55. The molecular formula is C10H17NO4. The fraction of sp³-hybridized carbons (Fsp3) is 0.900. The van der Waals surface area contributed by atoms with Crippen molar-refractivity contribution in [2.75, 3.05) is 27.4 Å². The number of hydrogen-bond donors (Lipinski definition) is 1. The molecule has 0 amide bonds. The van der Waals surface area contributed by atoms with Crippen molar-refractivity contribution in [3.63, 3.8) is 0 Å². The second kappa shape index (κ2) is 3.52. The van der Waals surface area contributed by atoms with E-state index in [9.17, 15) is 4.79 Å². The average Bonchev–Trinajstić information content (AvgIpc) is 2.72. The maximum Gasteiger partial charge on any atom is 0.210 e. The minimum absolute atomic E-state index is 0.102. The molecule has 0 radical (unpaired) electrons. The molecule has 0 aromatic heterocycles. The third kappa shape index (κ3) is 1.27. The third-order valence-electron chi connectivity index (χ3n) is 3.73. The van der Waals surface area contributed by atoms with Crippen LogP contribution in [0.5, 0.6) is 0 Å². The molecule has 2 aliphatic rings. The summed E-state index contributed by atoms with van der Waals surface area (Å²) in [6.45, 7) is 2.88. The van der Waals surface area contributed by atoms with Crippen LogP contribution in [0.1, 0.15) is 6.92 Å². The van der Waals surface area contributed by atoms with Crippen LogP contribution in [0.15, 0.2) is 0 Å². The van der Waals surface area contributed by atoms with Gasteiger partial charge >= 0.3 is 0 Å². The zero-order valence-corrected chi connectivity index (χ0v) is 9.28. The zero-order valence-electron chi connectivity index (χ0n) is 9.28. The molecule has 0 aliphatic carbocycles. The molecule has 2 saturated heterocycles. The second-order valence-corrected chi connectivity index (χ2v) is 4.28. The van der Waals surface area contributed by atoms with Crippen molar-refractivity contribution in [3.05, 3.63) is 0 Å². The summed E-state index contributed by atoms with van der Waals surface area (Å²) in [5.41, 5.74) is -0.520. The van der Waals surface area contributed by atoms with Gasteiger partial charge in [0.05, 0.1) is 17.6 Å². The first kappa shape index (κ1) is 11.0. The summed E-state index contributed by atoms with van der Waals surface area (Å²) in [4.78, 5) is 10.9. The molecule has 0 spiro atoms. The van der Waals surface area contributed by atoms with E-state index in [0.29, 0.717) is 13.2 Å². The Labute approximate surface area is 89.1 Å². The minimum atomic E-state index is -0.771. The molecule has 3 atom stereocenters. The lowest BCUT2D eigenvalue weighted by Gasteiger charge is -2.33. The Morgan fingerprint density at radius 3 is 2.67 bits per heavy atom. The second-order valence-electron chi connectivity index (χ2n) is 4.28. The lowest BCUT2D eigenvalue weighted by atomic mass is 9.86. The van der Waals surface area contributed by atoms with E-state index in [1.165, 1.54) is 0 Å². The number of methoxy groups -OCH3 is 2. The van der Waals surface area contributed by atoms with Gasteiger partial charge in [0.2, 0.25) is 5.79 Å². The van der Waals surface area contributed by atoms with Crippen molar-refractivity contribution in [2.45, 2.75) is 24.4 Å². The number of carbonyl (C=O) groups excluding carboxylic acids is 1. The van der Waals surface area contributed by atoms with Crippen LogP contribution in [-0.4, -0.2) is 51.1 Å². The highest BCUT2D eigenvalue weighted by atomic mass is 16.7. The number of aldehydes is 1. The SMILES string of the molecule is COC1(OC)CO[C@]2(C)[C@H](C=O)CN[C@H]12. The maximum atomic E-state index is 10.9. The summed E-state index contributed by atoms with van der Waals surface area (Å²) in [6, 6.07) is -0.102. The van der Waals surface area contributed by atoms with Gasteiger partial charge < -0.3 is 24.3 Å². The molecule has 15 heavy (non-hydrogen) atoms. The summed E-state index contributed by atoms with van der Waals surface area (Å²) in [5.74, 6) is -0.915. The molecule has 0 aromatic rings. The summed E-state index contributed by atoms with van der Waals surface area (Å²) >= 11 is 0. The molecule has 0 aromatic carbocycles. The molecule has 1 N–H and O–H groups in total. The Balaban J connectivity index is 2.30. The molecule has 2 rings (SSSR count). The Morgan fingerprint density at radius 1 is 1.47 bits per heavy atom. The van der Waals surface area contributed by atoms with Crippen molar-refractivity contribution >= 4 is 6.29 Å². The third-order valence-corrected chi connectivity index (χ3v) is 3.73. The van der Waals surface area contributed by atoms with Gasteiger partial charge in [0.15, 0.2) is 0 Å². The van der Waals surface area contributed by atoms with Crippen LogP contribution in [0.4, 0.5) is 0 Å². The molecule has 2 heterocycles. The Kier molecular flexibility index (Phi) is 2.58. The van der Waals surface area contributed by atoms with Gasteiger partial charge in [-0.15, -0.1) is 0 Å². The monoisotopic (exact) mass is 215 g/mol. The van der Waals surface area contributed by atoms with E-state index in [4.69, 9.17) is 14.2 Å². The molecule has 2 fully saturated rings. The summed E-state index contributed by atoms with van der Waals surface area (Å²) in [7, 11) is 3.18. The van der Waals surface area contributed by atoms with Crippen LogP contribution in [-0.2, 0) is 19.0 Å². The largest absolute Gasteiger partial charge is 0.367 e. The normalized spacial score (nSPS) is 42.9. The van der Waals surface area contributed by atoms with E-state index in [2.05, 4.69) is 5.32 Å². The van der Waals surface area contributed by atoms with Gasteiger partial charge in [0, 0.05) is 20.8 Å². The van der Waals surface area contributed by atoms with E-state index < -0.39 is 11.4 Å². The quantitative estimate of drug-likeness (QED) is 0.510. The molecule has 2 aliphatic heterocycles. The fourth-order valence-corrected chi connectivity index (χ4v) is 2.61. The van der Waals surface area contributed by atoms with E-state index >= 15 is 0 Å². The van der Waals surface area contributed by atoms with Crippen molar-refractivity contribution in [1.82, 2.24) is 5.32 Å². The number of nitrogens with one attached hydrogen (secondary N) is 1. The molecular weight excluding hydrogens is 198 g/mol. The van der Waals surface area contributed by atoms with Gasteiger partial charge in [-0.1, -0.05) is 0 Å². The van der Waals surface area contributed by atoms with E-state index in [0.717, 1.165) is 6.29 Å². The Bertz CT molecular complexity index is 266. The van der Waals surface area contributed by atoms with Gasteiger partial charge in [-0.05, 0) is 6.92 Å². The van der Waals surface area contributed by atoms with Crippen molar-refractivity contribution in [1.29, 1.82) is 0 Å². The predicted octanol–water partition coefficient (Wildman–Crippen LogP) is -0.449. The summed E-state index contributed by atoms with van der Waals surface area (Å²) < 4.78 is 16.5. The van der Waals surface area contributed by atoms with Crippen molar-refractivity contribution in [3.8, 4) is 0 Å². The number of ether oxygens (including phenoxy) is 3. The van der Waals surface area contributed by atoms with E-state index in [-0.39, 0.29) is 12.0 Å². The van der Waals surface area contributed by atoms with Gasteiger partial charge in [-0.3, -0.25) is 0 Å². The van der Waals surface area contributed by atoms with Crippen LogP contribution < -0.4 is 5.32 Å². The predicted molar refractivity (Wildman–Crippen MR) is 52.5 cm³/mol. The lowest BCUT2D eigenvalue weighted by molar-refractivity contribution is -0.213. The van der Waals surface area contributed by atoms with Crippen LogP contribution >= 0.6 is 0 Å². The van der Waals surface area contributed by atoms with Crippen LogP contribution in [0.25, 0.3) is 0 Å². The van der Waals surface area contributed by atoms with Gasteiger partial charge in [0.25, 0.3) is 0 Å². The summed E-state index contributed by atoms with van der Waals surface area (Å²) in [5, 5.41) is 3.25. The first-order chi connectivity index (χ1) is 7.13. The molecule has 5 heteroatoms. The van der Waals surface area contributed by atoms with Crippen molar-refractivity contribution in [2.24, 2.45) is 5.92 Å². The van der Waals surface area contributed by atoms with E-state index in [1.807, 2.05) is 6.92 Å². The van der Waals surface area contributed by atoms with Gasteiger partial charge in [-0.2, -0.15) is 0 Å². The topological polar surface area (TPSA) is 56.8 Å². The first-order valence-electron chi connectivity index (χ1n) is 5.06. The highest BCUT2D eigenvalue weighted by molar-refractivity contribution is 5.58. The Morgan fingerprint density at radius 2 is 2.13 bits per heavy atom. The fourth-order valence-electron chi connectivity index (χ4n) is 2.61. The molecule has 0 bridgehead atoms. The molecule has 86 valence electrons. The first-order valence-corrected chi connectivity index (χ1v) is 5.06. The van der Waals surface area contributed by atoms with Crippen LogP contribution in [0, 0.1) is 5.92 Å². The zero-order chi connectivity index (χ0) is 11.1. The summed E-state index contributed by atoms with van der Waals surface area (Å²) in [6.07, 6.45) is 0.939. The molecule has 0 saturated carbocycles. The highest BCUT2D eigenvalue weighted by Gasteiger charge is 2.63. The smallest absolute Gasteiger partial charge is 0.210 e. The Hall–Kier alpha value is -0.490. The van der Waals surface area contributed by atoms with Gasteiger partial charge in [0.1, 0.15) is 12.9 Å². The number of carbonyl (C=O) groups is 1. The highest BCUT2D eigenvalue weighted by Crippen LogP contribution is 2.43.